The fourth-order valence-corrected chi connectivity index (χ4v) is 1.29. The molecule has 0 radical (unpaired) electrons. The lowest BCUT2D eigenvalue weighted by atomic mass is 9.79. The van der Waals surface area contributed by atoms with Crippen LogP contribution in [0.15, 0.2) is 4.99 Å². The first-order valence-electron chi connectivity index (χ1n) is 4.56. The molecular formula is C10H17NO2. The Morgan fingerprint density at radius 1 is 1.62 bits per heavy atom. The first kappa shape index (κ1) is 10.4. The second-order valence-electron chi connectivity index (χ2n) is 4.45. The van der Waals surface area contributed by atoms with Gasteiger partial charge in [-0.15, -0.1) is 0 Å². The fraction of sp³-hybridized carbons (Fsp3) is 0.800. The van der Waals surface area contributed by atoms with Gasteiger partial charge in [-0.05, 0) is 27.5 Å². The Morgan fingerprint density at radius 2 is 2.23 bits per heavy atom. The lowest BCUT2D eigenvalue weighted by molar-refractivity contribution is -0.136. The van der Waals surface area contributed by atoms with Gasteiger partial charge >= 0.3 is 0 Å². The average Bonchev–Trinajstić information content (AvgIpc) is 1.97. The van der Waals surface area contributed by atoms with Gasteiger partial charge in [-0.2, -0.15) is 0 Å². The van der Waals surface area contributed by atoms with Crippen molar-refractivity contribution < 1.29 is 9.53 Å². The van der Waals surface area contributed by atoms with E-state index in [1.807, 2.05) is 20.8 Å². The van der Waals surface area contributed by atoms with Crippen LogP contribution in [0.5, 0.6) is 0 Å². The molecule has 0 bridgehead atoms. The van der Waals surface area contributed by atoms with E-state index in [-0.39, 0.29) is 23.3 Å². The highest BCUT2D eigenvalue weighted by Gasteiger charge is 2.39. The molecule has 3 heteroatoms. The van der Waals surface area contributed by atoms with E-state index in [0.717, 1.165) is 0 Å². The van der Waals surface area contributed by atoms with E-state index in [0.29, 0.717) is 13.0 Å². The third-order valence-electron chi connectivity index (χ3n) is 2.22. The minimum atomic E-state index is -0.179. The van der Waals surface area contributed by atoms with Crippen LogP contribution in [0.2, 0.25) is 0 Å². The highest BCUT2D eigenvalue weighted by atomic mass is 16.5. The molecule has 1 aliphatic rings. The van der Waals surface area contributed by atoms with Crippen LogP contribution in [-0.2, 0) is 9.53 Å². The van der Waals surface area contributed by atoms with Crippen LogP contribution in [0.25, 0.3) is 0 Å². The average molecular weight is 183 g/mol. The molecule has 1 saturated carbocycles. The van der Waals surface area contributed by atoms with E-state index in [2.05, 4.69) is 11.7 Å². The van der Waals surface area contributed by atoms with Gasteiger partial charge in [0, 0.05) is 6.42 Å². The topological polar surface area (TPSA) is 38.7 Å². The summed E-state index contributed by atoms with van der Waals surface area (Å²) in [6.07, 6.45) is 0.543. The zero-order valence-corrected chi connectivity index (χ0v) is 8.54. The lowest BCUT2D eigenvalue weighted by Gasteiger charge is -2.33. The summed E-state index contributed by atoms with van der Waals surface area (Å²) in [6, 6.07) is 0.0925. The van der Waals surface area contributed by atoms with Crippen LogP contribution in [0.4, 0.5) is 0 Å². The second kappa shape index (κ2) is 3.58. The van der Waals surface area contributed by atoms with Crippen LogP contribution >= 0.6 is 0 Å². The van der Waals surface area contributed by atoms with Crippen molar-refractivity contribution in [3.63, 3.8) is 0 Å². The summed E-state index contributed by atoms with van der Waals surface area (Å²) in [5.74, 6) is 0.207. The van der Waals surface area contributed by atoms with Crippen molar-refractivity contribution in [1.82, 2.24) is 0 Å². The quantitative estimate of drug-likeness (QED) is 0.621. The number of carbonyl (C=O) groups excluding carboxylic acids is 1. The van der Waals surface area contributed by atoms with E-state index in [9.17, 15) is 4.79 Å². The maximum Gasteiger partial charge on any atom is 0.142 e. The van der Waals surface area contributed by atoms with E-state index in [4.69, 9.17) is 4.74 Å². The van der Waals surface area contributed by atoms with Crippen LogP contribution in [0.1, 0.15) is 27.2 Å². The highest BCUT2D eigenvalue weighted by Crippen LogP contribution is 2.27. The zero-order chi connectivity index (χ0) is 10.1. The van der Waals surface area contributed by atoms with Gasteiger partial charge < -0.3 is 4.74 Å². The Labute approximate surface area is 79.2 Å². The summed E-state index contributed by atoms with van der Waals surface area (Å²) < 4.78 is 5.53. The first-order valence-corrected chi connectivity index (χ1v) is 4.56. The number of ether oxygens (including phenoxy) is 1. The molecule has 0 aliphatic heterocycles. The molecule has 1 rings (SSSR count). The first-order chi connectivity index (χ1) is 5.94. The normalized spacial score (nSPS) is 28.4. The molecule has 0 spiro atoms. The molecular weight excluding hydrogens is 166 g/mol. The van der Waals surface area contributed by atoms with Gasteiger partial charge in [-0.1, -0.05) is 0 Å². The number of Topliss-reactive ketones (excluding diaryl/α,β-unsaturated/α-hetero) is 1. The van der Waals surface area contributed by atoms with E-state index in [1.165, 1.54) is 0 Å². The van der Waals surface area contributed by atoms with E-state index in [1.54, 1.807) is 0 Å². The van der Waals surface area contributed by atoms with Gasteiger partial charge in [-0.3, -0.25) is 9.79 Å². The van der Waals surface area contributed by atoms with Gasteiger partial charge in [0.25, 0.3) is 0 Å². The molecule has 1 aliphatic carbocycles. The maximum absolute atomic E-state index is 11.1. The minimum Gasteiger partial charge on any atom is -0.375 e. The Morgan fingerprint density at radius 3 is 2.62 bits per heavy atom. The van der Waals surface area contributed by atoms with Crippen LogP contribution < -0.4 is 0 Å². The number of hydrogen-bond donors (Lipinski definition) is 0. The summed E-state index contributed by atoms with van der Waals surface area (Å²) in [7, 11) is 0. The van der Waals surface area contributed by atoms with Crippen molar-refractivity contribution in [3.8, 4) is 0 Å². The largest absolute Gasteiger partial charge is 0.375 e. The molecule has 0 amide bonds. The van der Waals surface area contributed by atoms with Crippen LogP contribution in [0, 0.1) is 5.92 Å². The number of carbonyl (C=O) groups is 1. The van der Waals surface area contributed by atoms with Crippen molar-refractivity contribution in [2.75, 3.05) is 6.61 Å². The van der Waals surface area contributed by atoms with Gasteiger partial charge in [0.05, 0.1) is 24.2 Å². The Hall–Kier alpha value is -0.700. The Kier molecular flexibility index (Phi) is 2.86. The molecule has 0 aromatic rings. The van der Waals surface area contributed by atoms with Crippen molar-refractivity contribution >= 4 is 12.5 Å². The van der Waals surface area contributed by atoms with Gasteiger partial charge in [0.2, 0.25) is 0 Å². The molecule has 1 fully saturated rings. The molecule has 0 heterocycles. The number of ketones is 1. The van der Waals surface area contributed by atoms with Crippen LogP contribution in [-0.4, -0.2) is 30.8 Å². The number of aliphatic imine (C=N–C) groups is 1. The van der Waals surface area contributed by atoms with Crippen molar-refractivity contribution in [2.45, 2.75) is 38.8 Å². The summed E-state index contributed by atoms with van der Waals surface area (Å²) in [4.78, 5) is 15.0. The number of hydrogen-bond acceptors (Lipinski definition) is 3. The number of nitrogens with zero attached hydrogens (tertiary/aromatic N) is 1. The molecule has 0 N–H and O–H groups in total. The standard InChI is InChI=1S/C10H17NO2/c1-10(2,3)13-6-7-8(11-4)5-9(7)12/h7-8H,4-6H2,1-3H3/t7-,8?/m1/s1. The van der Waals surface area contributed by atoms with Crippen molar-refractivity contribution in [1.29, 1.82) is 0 Å². The molecule has 2 atom stereocenters. The third kappa shape index (κ3) is 2.62. The molecule has 13 heavy (non-hydrogen) atoms. The molecule has 0 aromatic heterocycles. The van der Waals surface area contributed by atoms with Gasteiger partial charge in [-0.25, -0.2) is 0 Å². The third-order valence-corrected chi connectivity index (χ3v) is 2.22. The van der Waals surface area contributed by atoms with Crippen molar-refractivity contribution in [2.24, 2.45) is 10.9 Å². The Bertz CT molecular complexity index is 217. The maximum atomic E-state index is 11.1. The lowest BCUT2D eigenvalue weighted by Crippen LogP contribution is -2.44. The monoisotopic (exact) mass is 183 g/mol. The fourth-order valence-electron chi connectivity index (χ4n) is 1.29. The number of rotatable bonds is 3. The Balaban J connectivity index is 2.36. The van der Waals surface area contributed by atoms with E-state index >= 15 is 0 Å². The summed E-state index contributed by atoms with van der Waals surface area (Å²) in [6.45, 7) is 9.87. The predicted octanol–water partition coefficient (Wildman–Crippen LogP) is 1.46. The zero-order valence-electron chi connectivity index (χ0n) is 8.54. The van der Waals surface area contributed by atoms with Gasteiger partial charge in [0.15, 0.2) is 0 Å². The smallest absolute Gasteiger partial charge is 0.142 e. The van der Waals surface area contributed by atoms with Gasteiger partial charge in [0.1, 0.15) is 5.78 Å². The molecule has 3 nitrogen and oxygen atoms in total. The summed E-state index contributed by atoms with van der Waals surface area (Å²) in [5.41, 5.74) is -0.179. The molecule has 1 unspecified atom stereocenters. The SMILES string of the molecule is C=NC1CC(=O)[C@@H]1COC(C)(C)C. The van der Waals surface area contributed by atoms with Crippen molar-refractivity contribution in [3.05, 3.63) is 0 Å². The minimum absolute atomic E-state index is 0.0447. The predicted molar refractivity (Wildman–Crippen MR) is 52.2 cm³/mol. The van der Waals surface area contributed by atoms with E-state index < -0.39 is 0 Å². The second-order valence-corrected chi connectivity index (χ2v) is 4.45. The highest BCUT2D eigenvalue weighted by molar-refractivity contribution is 5.89. The molecule has 74 valence electrons. The molecule has 0 saturated heterocycles. The summed E-state index contributed by atoms with van der Waals surface area (Å²) in [5, 5.41) is 0. The van der Waals surface area contributed by atoms with Crippen LogP contribution in [0.3, 0.4) is 0 Å². The molecule has 0 aromatic carbocycles. The summed E-state index contributed by atoms with van der Waals surface area (Å²) >= 11 is 0.